The second-order valence-electron chi connectivity index (χ2n) is 3.56. The molecule has 14 heavy (non-hydrogen) atoms. The number of rotatable bonds is 4. The Morgan fingerprint density at radius 3 is 2.79 bits per heavy atom. The van der Waals surface area contributed by atoms with Crippen LogP contribution in [0, 0.1) is 12.8 Å². The predicted octanol–water partition coefficient (Wildman–Crippen LogP) is 2.62. The van der Waals surface area contributed by atoms with Crippen LogP contribution in [0.3, 0.4) is 0 Å². The Hall–Kier alpha value is -0.730. The van der Waals surface area contributed by atoms with Crippen molar-refractivity contribution in [2.24, 2.45) is 11.7 Å². The van der Waals surface area contributed by atoms with Crippen molar-refractivity contribution in [3.63, 3.8) is 0 Å². The summed E-state index contributed by atoms with van der Waals surface area (Å²) < 4.78 is 5.61. The summed E-state index contributed by atoms with van der Waals surface area (Å²) in [5.74, 6) is 1.26. The van der Waals surface area contributed by atoms with E-state index in [0.29, 0.717) is 19.1 Å². The molecule has 0 amide bonds. The number of hydrogen-bond donors (Lipinski definition) is 1. The minimum Gasteiger partial charge on any atom is -0.493 e. The molecule has 1 aromatic carbocycles. The van der Waals surface area contributed by atoms with Crippen molar-refractivity contribution in [1.82, 2.24) is 0 Å². The van der Waals surface area contributed by atoms with Gasteiger partial charge in [-0.2, -0.15) is 0 Å². The number of ether oxygens (including phenoxy) is 1. The second kappa shape index (κ2) is 5.23. The molecule has 0 aromatic heterocycles. The van der Waals surface area contributed by atoms with Crippen LogP contribution in [0.5, 0.6) is 5.75 Å². The van der Waals surface area contributed by atoms with Crippen molar-refractivity contribution >= 4 is 11.6 Å². The highest BCUT2D eigenvalue weighted by atomic mass is 35.5. The molecular weight excluding hydrogens is 198 g/mol. The molecule has 0 radical (unpaired) electrons. The fraction of sp³-hybridized carbons (Fsp3) is 0.455. The molecule has 1 atom stereocenters. The number of halogens is 1. The lowest BCUT2D eigenvalue weighted by Gasteiger charge is -2.12. The number of nitrogens with two attached hydrogens (primary N) is 1. The van der Waals surface area contributed by atoms with Crippen LogP contribution in [0.25, 0.3) is 0 Å². The van der Waals surface area contributed by atoms with Gasteiger partial charge in [0.25, 0.3) is 0 Å². The molecule has 0 saturated heterocycles. The van der Waals surface area contributed by atoms with Gasteiger partial charge in [0.05, 0.1) is 6.61 Å². The molecule has 1 unspecified atom stereocenters. The first-order valence-corrected chi connectivity index (χ1v) is 5.10. The molecule has 0 aliphatic carbocycles. The molecule has 0 heterocycles. The molecule has 2 N–H and O–H groups in total. The summed E-state index contributed by atoms with van der Waals surface area (Å²) in [7, 11) is 0. The first kappa shape index (κ1) is 11.3. The number of hydrogen-bond acceptors (Lipinski definition) is 2. The van der Waals surface area contributed by atoms with Gasteiger partial charge in [-0.3, -0.25) is 0 Å². The smallest absolute Gasteiger partial charge is 0.122 e. The zero-order chi connectivity index (χ0) is 10.6. The van der Waals surface area contributed by atoms with Gasteiger partial charge in [0.1, 0.15) is 5.75 Å². The van der Waals surface area contributed by atoms with E-state index < -0.39 is 0 Å². The van der Waals surface area contributed by atoms with Crippen molar-refractivity contribution in [3.8, 4) is 5.75 Å². The summed E-state index contributed by atoms with van der Waals surface area (Å²) in [5.41, 5.74) is 6.55. The van der Waals surface area contributed by atoms with Crippen molar-refractivity contribution in [3.05, 3.63) is 28.8 Å². The summed E-state index contributed by atoms with van der Waals surface area (Å²) in [6.45, 7) is 5.34. The first-order valence-electron chi connectivity index (χ1n) is 4.72. The van der Waals surface area contributed by atoms with Crippen molar-refractivity contribution < 1.29 is 4.74 Å². The van der Waals surface area contributed by atoms with Crippen LogP contribution in [-0.4, -0.2) is 13.2 Å². The van der Waals surface area contributed by atoms with Crippen LogP contribution >= 0.6 is 11.6 Å². The molecule has 0 saturated carbocycles. The first-order chi connectivity index (χ1) is 6.63. The quantitative estimate of drug-likeness (QED) is 0.835. The maximum Gasteiger partial charge on any atom is 0.122 e. The average Bonchev–Trinajstić information content (AvgIpc) is 2.16. The summed E-state index contributed by atoms with van der Waals surface area (Å²) in [5, 5.41) is 0.738. The maximum absolute atomic E-state index is 5.83. The molecule has 1 aromatic rings. The highest BCUT2D eigenvalue weighted by Gasteiger charge is 2.03. The Bertz CT molecular complexity index is 301. The molecule has 78 valence electrons. The van der Waals surface area contributed by atoms with Gasteiger partial charge < -0.3 is 10.5 Å². The van der Waals surface area contributed by atoms with E-state index >= 15 is 0 Å². The van der Waals surface area contributed by atoms with E-state index in [-0.39, 0.29) is 0 Å². The third-order valence-corrected chi connectivity index (χ3v) is 2.30. The van der Waals surface area contributed by atoms with Crippen LogP contribution in [0.2, 0.25) is 5.02 Å². The van der Waals surface area contributed by atoms with Crippen LogP contribution < -0.4 is 10.5 Å². The van der Waals surface area contributed by atoms with Gasteiger partial charge in [0, 0.05) is 10.9 Å². The van der Waals surface area contributed by atoms with Crippen LogP contribution in [0.4, 0.5) is 0 Å². The van der Waals surface area contributed by atoms with Gasteiger partial charge in [-0.05, 0) is 37.2 Å². The Morgan fingerprint density at radius 2 is 2.21 bits per heavy atom. The van der Waals surface area contributed by atoms with Crippen LogP contribution in [0.1, 0.15) is 12.5 Å². The lowest BCUT2D eigenvalue weighted by Crippen LogP contribution is -2.18. The van der Waals surface area contributed by atoms with Gasteiger partial charge >= 0.3 is 0 Å². The number of benzene rings is 1. The molecule has 2 nitrogen and oxygen atoms in total. The third-order valence-electron chi connectivity index (χ3n) is 2.06. The van der Waals surface area contributed by atoms with E-state index in [4.69, 9.17) is 22.1 Å². The predicted molar refractivity (Wildman–Crippen MR) is 59.9 cm³/mol. The Morgan fingerprint density at radius 1 is 1.50 bits per heavy atom. The highest BCUT2D eigenvalue weighted by molar-refractivity contribution is 6.30. The van der Waals surface area contributed by atoms with Gasteiger partial charge in [-0.15, -0.1) is 0 Å². The fourth-order valence-electron chi connectivity index (χ4n) is 1.07. The molecular formula is C11H16ClNO. The summed E-state index contributed by atoms with van der Waals surface area (Å²) in [4.78, 5) is 0. The number of aryl methyl sites for hydroxylation is 1. The Kier molecular flexibility index (Phi) is 4.23. The Balaban J connectivity index is 2.59. The van der Waals surface area contributed by atoms with E-state index in [1.807, 2.05) is 25.1 Å². The van der Waals surface area contributed by atoms with Gasteiger partial charge in [-0.25, -0.2) is 0 Å². The van der Waals surface area contributed by atoms with E-state index in [0.717, 1.165) is 16.3 Å². The molecule has 0 fully saturated rings. The monoisotopic (exact) mass is 213 g/mol. The fourth-order valence-corrected chi connectivity index (χ4v) is 1.30. The van der Waals surface area contributed by atoms with Crippen molar-refractivity contribution in [2.75, 3.05) is 13.2 Å². The van der Waals surface area contributed by atoms with E-state index in [1.54, 1.807) is 0 Å². The van der Waals surface area contributed by atoms with Gasteiger partial charge in [0.2, 0.25) is 0 Å². The lowest BCUT2D eigenvalue weighted by atomic mass is 10.2. The second-order valence-corrected chi connectivity index (χ2v) is 4.00. The molecule has 1 rings (SSSR count). The normalized spacial score (nSPS) is 12.6. The molecule has 0 spiro atoms. The van der Waals surface area contributed by atoms with E-state index in [9.17, 15) is 0 Å². The van der Waals surface area contributed by atoms with Crippen LogP contribution in [0.15, 0.2) is 18.2 Å². The molecule has 0 aliphatic heterocycles. The zero-order valence-corrected chi connectivity index (χ0v) is 9.34. The van der Waals surface area contributed by atoms with Gasteiger partial charge in [-0.1, -0.05) is 18.5 Å². The lowest BCUT2D eigenvalue weighted by molar-refractivity contribution is 0.262. The topological polar surface area (TPSA) is 35.2 Å². The van der Waals surface area contributed by atoms with Crippen molar-refractivity contribution in [2.45, 2.75) is 13.8 Å². The van der Waals surface area contributed by atoms with Crippen molar-refractivity contribution in [1.29, 1.82) is 0 Å². The SMILES string of the molecule is Cc1cc(Cl)ccc1OCC(C)CN. The molecule has 3 heteroatoms. The van der Waals surface area contributed by atoms with Gasteiger partial charge in [0.15, 0.2) is 0 Å². The zero-order valence-electron chi connectivity index (χ0n) is 8.59. The molecule has 0 bridgehead atoms. The summed E-state index contributed by atoms with van der Waals surface area (Å²) >= 11 is 5.83. The average molecular weight is 214 g/mol. The molecule has 0 aliphatic rings. The summed E-state index contributed by atoms with van der Waals surface area (Å²) in [6, 6.07) is 5.61. The minimum absolute atomic E-state index is 0.380. The third kappa shape index (κ3) is 3.20. The van der Waals surface area contributed by atoms with E-state index in [2.05, 4.69) is 6.92 Å². The van der Waals surface area contributed by atoms with Crippen LogP contribution in [-0.2, 0) is 0 Å². The standard InChI is InChI=1S/C11H16ClNO/c1-8(6-13)7-14-11-4-3-10(12)5-9(11)2/h3-5,8H,6-7,13H2,1-2H3. The summed E-state index contributed by atoms with van der Waals surface area (Å²) in [6.07, 6.45) is 0. The van der Waals surface area contributed by atoms with E-state index in [1.165, 1.54) is 0 Å². The maximum atomic E-state index is 5.83. The largest absolute Gasteiger partial charge is 0.493 e. The minimum atomic E-state index is 0.380. The highest BCUT2D eigenvalue weighted by Crippen LogP contribution is 2.22. The Labute approximate surface area is 90.0 Å².